The van der Waals surface area contributed by atoms with Gasteiger partial charge in [0.2, 0.25) is 0 Å². The van der Waals surface area contributed by atoms with Gasteiger partial charge < -0.3 is 32.9 Å². The van der Waals surface area contributed by atoms with E-state index >= 15 is 0 Å². The maximum Gasteiger partial charge on any atom is 1.00 e. The molecule has 54 valence electrons. The Balaban J connectivity index is 0. The fourth-order valence-electron chi connectivity index (χ4n) is 0. The summed E-state index contributed by atoms with van der Waals surface area (Å²) in [4.78, 5) is 0. The Bertz CT molecular complexity index is 11.0. The van der Waals surface area contributed by atoms with Crippen LogP contribution in [0.25, 0.3) is 0 Å². The van der Waals surface area contributed by atoms with Gasteiger partial charge in [0.15, 0.2) is 0 Å². The van der Waals surface area contributed by atoms with Gasteiger partial charge in [-0.1, -0.05) is 0 Å². The van der Waals surface area contributed by atoms with Crippen LogP contribution in [-0.4, -0.2) is 32.9 Å². The van der Waals surface area contributed by atoms with E-state index in [1.54, 1.807) is 0 Å². The predicted octanol–water partition coefficient (Wildman–Crippen LogP) is -9.65. The van der Waals surface area contributed by atoms with Crippen LogP contribution in [0.3, 0.4) is 0 Å². The summed E-state index contributed by atoms with van der Waals surface area (Å²) in [7, 11) is 0. The first-order valence-corrected chi connectivity index (χ1v) is 0. The molecule has 0 rings (SSSR count). The van der Waals surface area contributed by atoms with Gasteiger partial charge in [0.1, 0.15) is 0 Å². The average molecular weight is 248 g/mol. The van der Waals surface area contributed by atoms with Crippen molar-refractivity contribution in [2.24, 2.45) is 0 Å². The number of hydrogen-bond donors (Lipinski definition) is 0. The van der Waals surface area contributed by atoms with Crippen LogP contribution in [0.4, 0.5) is 0 Å². The third-order valence-electron chi connectivity index (χ3n) is 0. The Hall–Kier alpha value is 2.45. The molecule has 10 N–H and O–H groups in total. The Kier molecular flexibility index (Phi) is 3600. The van der Waals surface area contributed by atoms with E-state index < -0.39 is 0 Å². The third kappa shape index (κ3) is 124. The fraction of sp³-hybridized carbons (Fsp3) is 0. The zero-order valence-corrected chi connectivity index (χ0v) is 11.3. The minimum absolute atomic E-state index is 0. The molecule has 0 radical (unpaired) electrons. The normalized spacial score (nSPS) is 0. The van der Waals surface area contributed by atoms with Gasteiger partial charge in [-0.15, -0.1) is 0 Å². The largest absolute Gasteiger partial charge is 1.00 e. The molecule has 0 aliphatic rings. The van der Waals surface area contributed by atoms with E-state index in [0.29, 0.717) is 0 Å². The van der Waals surface area contributed by atoms with Crippen LogP contribution < -0.4 is 59.1 Å². The first-order chi connectivity index (χ1) is 0. The summed E-state index contributed by atoms with van der Waals surface area (Å²) in [5, 5.41) is 0. The van der Waals surface area contributed by atoms with Crippen molar-refractivity contribution in [1.29, 1.82) is 0 Å². The molecule has 9 heteroatoms. The smallest absolute Gasteiger partial charge is 0.870 e. The summed E-state index contributed by atoms with van der Waals surface area (Å²) in [5.41, 5.74) is 0. The van der Waals surface area contributed by atoms with Crippen molar-refractivity contribution in [3.63, 3.8) is 0 Å². The molecule has 0 saturated heterocycles. The van der Waals surface area contributed by atoms with Gasteiger partial charge >= 0.3 is 59.1 Å². The molecule has 0 aliphatic carbocycles. The average Bonchev–Trinajstić information content (AvgIpc) is 0. The van der Waals surface area contributed by atoms with Crippen molar-refractivity contribution in [1.82, 2.24) is 0 Å². The van der Waals surface area contributed by atoms with Gasteiger partial charge in [0.25, 0.3) is 0 Å². The summed E-state index contributed by atoms with van der Waals surface area (Å²) in [6.07, 6.45) is 0. The summed E-state index contributed by atoms with van der Waals surface area (Å²) in [6.45, 7) is 0. The van der Waals surface area contributed by atoms with Gasteiger partial charge in [-0.25, -0.2) is 0 Å². The van der Waals surface area contributed by atoms with Crippen LogP contribution in [0.5, 0.6) is 0 Å². The minimum Gasteiger partial charge on any atom is -0.870 e. The Morgan fingerprint density at radius 3 is 0.444 bits per heavy atom. The standard InChI is InChI=1S/Mo.2Na.6H2O/h;;;6*1H2/q;2*+1;;;;;;/p-2. The maximum atomic E-state index is 0. The van der Waals surface area contributed by atoms with Crippen molar-refractivity contribution in [2.75, 3.05) is 0 Å². The molecule has 0 aromatic heterocycles. The van der Waals surface area contributed by atoms with Gasteiger partial charge in [0, 0.05) is 21.1 Å². The van der Waals surface area contributed by atoms with Crippen LogP contribution in [-0.2, 0) is 21.1 Å². The second-order valence-electron chi connectivity index (χ2n) is 0. The molecule has 0 aromatic carbocycles. The Labute approximate surface area is 111 Å². The van der Waals surface area contributed by atoms with E-state index in [-0.39, 0.29) is 113 Å². The van der Waals surface area contributed by atoms with Crippen LogP contribution in [0.15, 0.2) is 0 Å². The van der Waals surface area contributed by atoms with Crippen molar-refractivity contribution in [3.05, 3.63) is 0 Å². The maximum absolute atomic E-state index is 0. The molecule has 0 amide bonds. The molecule has 0 unspecified atom stereocenters. The van der Waals surface area contributed by atoms with Crippen LogP contribution in [0, 0.1) is 0 Å². The van der Waals surface area contributed by atoms with Crippen molar-refractivity contribution in [3.8, 4) is 0 Å². The van der Waals surface area contributed by atoms with Crippen molar-refractivity contribution < 1.29 is 113 Å². The Morgan fingerprint density at radius 1 is 0.444 bits per heavy atom. The third-order valence-corrected chi connectivity index (χ3v) is 0. The monoisotopic (exact) mass is 250 g/mol. The van der Waals surface area contributed by atoms with E-state index in [1.807, 2.05) is 0 Å². The summed E-state index contributed by atoms with van der Waals surface area (Å²) < 4.78 is 0. The van der Waals surface area contributed by atoms with Crippen LogP contribution in [0.1, 0.15) is 0 Å². The second kappa shape index (κ2) is 156. The number of rotatable bonds is 0. The predicted molar refractivity (Wildman–Crippen MR) is 18.3 cm³/mol. The topological polar surface area (TPSA) is 186 Å². The molecular weight excluding hydrogens is 238 g/mol. The minimum atomic E-state index is 0. The summed E-state index contributed by atoms with van der Waals surface area (Å²) >= 11 is 0. The van der Waals surface area contributed by atoms with Crippen LogP contribution >= 0.6 is 0 Å². The summed E-state index contributed by atoms with van der Waals surface area (Å²) in [5.74, 6) is 0. The van der Waals surface area contributed by atoms with E-state index in [1.165, 1.54) is 0 Å². The molecule has 9 heavy (non-hydrogen) atoms. The SMILES string of the molecule is O.O.O.O.[Mo].[Na+].[Na+].[OH-].[OH-]. The molecule has 0 aromatic rings. The van der Waals surface area contributed by atoms with E-state index in [0.717, 1.165) is 0 Å². The quantitative estimate of drug-likeness (QED) is 0.385. The molecular formula is H10MoNa2O6. The number of hydrogen-bond acceptors (Lipinski definition) is 2. The van der Waals surface area contributed by atoms with Gasteiger partial charge in [-0.2, -0.15) is 0 Å². The first-order valence-electron chi connectivity index (χ1n) is 0. The van der Waals surface area contributed by atoms with E-state index in [9.17, 15) is 0 Å². The van der Waals surface area contributed by atoms with E-state index in [4.69, 9.17) is 0 Å². The van der Waals surface area contributed by atoms with Gasteiger partial charge in [-0.3, -0.25) is 0 Å². The summed E-state index contributed by atoms with van der Waals surface area (Å²) in [6, 6.07) is 0. The zero-order valence-electron chi connectivity index (χ0n) is 5.30. The molecule has 0 atom stereocenters. The molecule has 0 spiro atoms. The van der Waals surface area contributed by atoms with Crippen molar-refractivity contribution in [2.45, 2.75) is 0 Å². The molecule has 6 nitrogen and oxygen atoms in total. The molecule has 0 heterocycles. The van der Waals surface area contributed by atoms with Gasteiger partial charge in [-0.05, 0) is 0 Å². The second-order valence-corrected chi connectivity index (χ2v) is 0. The molecule has 0 aliphatic heterocycles. The van der Waals surface area contributed by atoms with Crippen molar-refractivity contribution >= 4 is 0 Å². The zero-order chi connectivity index (χ0) is 0. The molecule has 0 fully saturated rings. The fourth-order valence-corrected chi connectivity index (χ4v) is 0. The molecule has 0 bridgehead atoms. The van der Waals surface area contributed by atoms with Crippen LogP contribution in [0.2, 0.25) is 0 Å². The van der Waals surface area contributed by atoms with E-state index in [2.05, 4.69) is 0 Å². The first kappa shape index (κ1) is 208. The Morgan fingerprint density at radius 2 is 0.444 bits per heavy atom. The molecule has 0 saturated carbocycles. The van der Waals surface area contributed by atoms with Gasteiger partial charge in [0.05, 0.1) is 0 Å².